The molecule has 1 aromatic rings. The molecule has 1 amide bonds. The minimum atomic E-state index is -0.00465. The summed E-state index contributed by atoms with van der Waals surface area (Å²) in [7, 11) is 0. The molecule has 1 aromatic heterocycles. The van der Waals surface area contributed by atoms with Crippen molar-refractivity contribution in [3.05, 3.63) is 22.5 Å². The van der Waals surface area contributed by atoms with Crippen LogP contribution in [0, 0.1) is 25.7 Å². The number of ketones is 1. The van der Waals surface area contributed by atoms with Crippen LogP contribution in [0.5, 0.6) is 0 Å². The molecule has 0 radical (unpaired) electrons. The molecule has 154 valence electrons. The monoisotopic (exact) mass is 385 g/mol. The Bertz CT molecular complexity index is 766. The summed E-state index contributed by atoms with van der Waals surface area (Å²) in [5, 5.41) is 0. The van der Waals surface area contributed by atoms with Crippen LogP contribution >= 0.6 is 0 Å². The number of H-pyrrole nitrogens is 1. The lowest BCUT2D eigenvalue weighted by atomic mass is 9.74. The zero-order valence-electron chi connectivity index (χ0n) is 17.9. The number of likely N-dealkylation sites (tertiary alicyclic amines) is 1. The van der Waals surface area contributed by atoms with Gasteiger partial charge in [-0.25, -0.2) is 0 Å². The van der Waals surface area contributed by atoms with Crippen LogP contribution in [0.15, 0.2) is 0 Å². The fourth-order valence-corrected chi connectivity index (χ4v) is 6.30. The molecule has 0 saturated carbocycles. The maximum Gasteiger partial charge on any atom is 0.255 e. The lowest BCUT2D eigenvalue weighted by Gasteiger charge is -2.55. The summed E-state index contributed by atoms with van der Waals surface area (Å²) in [6.07, 6.45) is 7.82. The van der Waals surface area contributed by atoms with Gasteiger partial charge in [0.15, 0.2) is 5.78 Å². The largest absolute Gasteiger partial charge is 0.355 e. The molecule has 4 heterocycles. The van der Waals surface area contributed by atoms with E-state index in [1.54, 1.807) is 6.92 Å². The van der Waals surface area contributed by atoms with Gasteiger partial charge < -0.3 is 9.88 Å². The number of piperidine rings is 3. The molecule has 2 bridgehead atoms. The molecule has 0 aromatic carbocycles. The summed E-state index contributed by atoms with van der Waals surface area (Å²) in [4.78, 5) is 33.3. The van der Waals surface area contributed by atoms with E-state index in [1.807, 2.05) is 13.8 Å². The molecule has 0 spiro atoms. The number of hydrogen-bond acceptors (Lipinski definition) is 3. The van der Waals surface area contributed by atoms with E-state index in [2.05, 4.69) is 21.7 Å². The predicted octanol–water partition coefficient (Wildman–Crippen LogP) is 3.95. The van der Waals surface area contributed by atoms with E-state index in [4.69, 9.17) is 0 Å². The highest BCUT2D eigenvalue weighted by Crippen LogP contribution is 2.41. The van der Waals surface area contributed by atoms with E-state index in [0.717, 1.165) is 42.5 Å². The first-order valence-electron chi connectivity index (χ1n) is 11.2. The minimum absolute atomic E-state index is 0.00465. The normalized spacial score (nSPS) is 30.2. The van der Waals surface area contributed by atoms with Gasteiger partial charge in [-0.2, -0.15) is 0 Å². The third-order valence-electron chi connectivity index (χ3n) is 7.43. The third kappa shape index (κ3) is 3.32. The van der Waals surface area contributed by atoms with Crippen LogP contribution in [0.2, 0.25) is 0 Å². The number of amides is 1. The van der Waals surface area contributed by atoms with Crippen molar-refractivity contribution in [3.63, 3.8) is 0 Å². The Labute approximate surface area is 168 Å². The van der Waals surface area contributed by atoms with Crippen LogP contribution in [0.1, 0.15) is 84.5 Å². The second kappa shape index (κ2) is 7.66. The van der Waals surface area contributed by atoms with Gasteiger partial charge in [0.2, 0.25) is 0 Å². The Kier molecular flexibility index (Phi) is 5.38. The topological polar surface area (TPSA) is 56.4 Å². The summed E-state index contributed by atoms with van der Waals surface area (Å²) in [6, 6.07) is 1.40. The van der Waals surface area contributed by atoms with Crippen molar-refractivity contribution in [2.75, 3.05) is 19.6 Å². The van der Waals surface area contributed by atoms with E-state index >= 15 is 0 Å². The van der Waals surface area contributed by atoms with Crippen molar-refractivity contribution < 1.29 is 9.59 Å². The second-order valence-electron chi connectivity index (χ2n) is 9.39. The van der Waals surface area contributed by atoms with E-state index in [0.29, 0.717) is 23.6 Å². The number of nitrogens with one attached hydrogen (secondary N) is 1. The van der Waals surface area contributed by atoms with Crippen LogP contribution in [-0.4, -0.2) is 58.2 Å². The number of rotatable bonds is 4. The van der Waals surface area contributed by atoms with Crippen molar-refractivity contribution in [3.8, 4) is 0 Å². The Balaban J connectivity index is 1.54. The highest BCUT2D eigenvalue weighted by atomic mass is 16.2. The third-order valence-corrected chi connectivity index (χ3v) is 7.43. The van der Waals surface area contributed by atoms with Crippen molar-refractivity contribution in [2.45, 2.75) is 78.3 Å². The van der Waals surface area contributed by atoms with Crippen LogP contribution in [0.4, 0.5) is 0 Å². The predicted molar refractivity (Wildman–Crippen MR) is 111 cm³/mol. The number of carbonyl (C=O) groups is 2. The molecule has 0 unspecified atom stereocenters. The van der Waals surface area contributed by atoms with Crippen molar-refractivity contribution in [1.82, 2.24) is 14.8 Å². The van der Waals surface area contributed by atoms with Crippen molar-refractivity contribution in [2.24, 2.45) is 11.8 Å². The van der Waals surface area contributed by atoms with Crippen LogP contribution < -0.4 is 0 Å². The summed E-state index contributed by atoms with van der Waals surface area (Å²) in [5.74, 6) is 1.30. The van der Waals surface area contributed by atoms with Crippen LogP contribution in [0.3, 0.4) is 0 Å². The van der Waals surface area contributed by atoms with Gasteiger partial charge in [0.1, 0.15) is 0 Å². The molecule has 4 rings (SSSR count). The fraction of sp³-hybridized carbons (Fsp3) is 0.739. The molecule has 1 N–H and O–H groups in total. The molecule has 0 aliphatic carbocycles. The SMILES string of the molecule is CCC[C@H]1CCC[C@H]2[C@@H]3C[C@@H](CN(C(=O)c4c(C)[nH]c(C(C)=O)c4C)C3)CN12. The van der Waals surface area contributed by atoms with Gasteiger partial charge in [-0.1, -0.05) is 19.8 Å². The van der Waals surface area contributed by atoms with Gasteiger partial charge in [0.25, 0.3) is 5.91 Å². The summed E-state index contributed by atoms with van der Waals surface area (Å²) >= 11 is 0. The molecule has 5 nitrogen and oxygen atoms in total. The Morgan fingerprint density at radius 1 is 1.14 bits per heavy atom. The lowest BCUT2D eigenvalue weighted by molar-refractivity contribution is -0.0519. The number of hydrogen-bond donors (Lipinski definition) is 1. The first-order chi connectivity index (χ1) is 13.4. The molecule has 3 saturated heterocycles. The van der Waals surface area contributed by atoms with E-state index in [-0.39, 0.29) is 11.7 Å². The smallest absolute Gasteiger partial charge is 0.255 e. The number of fused-ring (bicyclic) bond motifs is 4. The van der Waals surface area contributed by atoms with Crippen molar-refractivity contribution in [1.29, 1.82) is 0 Å². The number of carbonyl (C=O) groups excluding carboxylic acids is 2. The zero-order valence-corrected chi connectivity index (χ0v) is 17.9. The van der Waals surface area contributed by atoms with Gasteiger partial charge in [-0.3, -0.25) is 14.5 Å². The lowest BCUT2D eigenvalue weighted by Crippen LogP contribution is -2.62. The maximum absolute atomic E-state index is 13.4. The van der Waals surface area contributed by atoms with Gasteiger partial charge in [-0.05, 0) is 56.9 Å². The Morgan fingerprint density at radius 3 is 2.61 bits per heavy atom. The highest BCUT2D eigenvalue weighted by molar-refractivity contribution is 6.02. The second-order valence-corrected chi connectivity index (χ2v) is 9.39. The number of aryl methyl sites for hydroxylation is 1. The quantitative estimate of drug-likeness (QED) is 0.799. The van der Waals surface area contributed by atoms with E-state index in [1.165, 1.54) is 38.5 Å². The molecule has 3 aliphatic heterocycles. The molecule has 5 heteroatoms. The minimum Gasteiger partial charge on any atom is -0.355 e. The number of Topliss-reactive ketones (excluding diaryl/α,β-unsaturated/α-hetero) is 1. The number of aromatic amines is 1. The molecule has 28 heavy (non-hydrogen) atoms. The van der Waals surface area contributed by atoms with Gasteiger partial charge >= 0.3 is 0 Å². The molecular formula is C23H35N3O2. The zero-order chi connectivity index (χ0) is 20.0. The first-order valence-corrected chi connectivity index (χ1v) is 11.2. The average Bonchev–Trinajstić information content (AvgIpc) is 2.96. The molecule has 3 aliphatic rings. The van der Waals surface area contributed by atoms with Gasteiger partial charge in [0, 0.05) is 44.3 Å². The standard InChI is InChI=1S/C23H35N3O2/c1-5-7-19-8-6-9-20-18-10-17(12-26(19)20)11-25(13-18)23(28)21-14(2)22(16(4)27)24-15(21)3/h17-20,24H,5-13H2,1-4H3/t17-,18+,19-,20-/m0/s1. The summed E-state index contributed by atoms with van der Waals surface area (Å²) < 4.78 is 0. The Hall–Kier alpha value is -1.62. The van der Waals surface area contributed by atoms with Crippen molar-refractivity contribution >= 4 is 11.7 Å². The fourth-order valence-electron chi connectivity index (χ4n) is 6.30. The van der Waals surface area contributed by atoms with Gasteiger partial charge in [-0.15, -0.1) is 0 Å². The Morgan fingerprint density at radius 2 is 1.93 bits per heavy atom. The van der Waals surface area contributed by atoms with Gasteiger partial charge in [0.05, 0.1) is 11.3 Å². The molecule has 4 atom stereocenters. The first kappa shape index (κ1) is 19.7. The molecule has 3 fully saturated rings. The molecular weight excluding hydrogens is 350 g/mol. The average molecular weight is 386 g/mol. The number of nitrogens with zero attached hydrogens (tertiary/aromatic N) is 2. The van der Waals surface area contributed by atoms with Crippen LogP contribution in [-0.2, 0) is 0 Å². The van der Waals surface area contributed by atoms with E-state index in [9.17, 15) is 9.59 Å². The summed E-state index contributed by atoms with van der Waals surface area (Å²) in [6.45, 7) is 10.5. The summed E-state index contributed by atoms with van der Waals surface area (Å²) in [5.41, 5.74) is 2.94. The van der Waals surface area contributed by atoms with E-state index < -0.39 is 0 Å². The highest BCUT2D eigenvalue weighted by Gasteiger charge is 2.45. The number of aromatic nitrogens is 1. The maximum atomic E-state index is 13.4. The van der Waals surface area contributed by atoms with Crippen LogP contribution in [0.25, 0.3) is 0 Å².